The molecular weight excluding hydrogens is 459 g/mol. The first-order valence-electron chi connectivity index (χ1n) is 10.8. The first-order valence-corrected chi connectivity index (χ1v) is 11.2. The summed E-state index contributed by atoms with van der Waals surface area (Å²) in [5.74, 6) is -0.909. The van der Waals surface area contributed by atoms with Crippen LogP contribution in [0.4, 0.5) is 21.6 Å². The van der Waals surface area contributed by atoms with Crippen molar-refractivity contribution in [3.8, 4) is 11.5 Å². The lowest BCUT2D eigenvalue weighted by atomic mass is 10.0. The number of pyridine rings is 1. The summed E-state index contributed by atoms with van der Waals surface area (Å²) in [4.78, 5) is 29.6. The zero-order valence-corrected chi connectivity index (χ0v) is 19.9. The van der Waals surface area contributed by atoms with Gasteiger partial charge < -0.3 is 21.1 Å². The molecule has 178 valence electrons. The van der Waals surface area contributed by atoms with Gasteiger partial charge in [-0.2, -0.15) is 0 Å². The molecule has 0 bridgehead atoms. The Labute approximate surface area is 202 Å². The number of halogens is 2. The van der Waals surface area contributed by atoms with Crippen LogP contribution in [0.25, 0.3) is 0 Å². The molecule has 1 unspecified atom stereocenters. The molecule has 0 fully saturated rings. The average Bonchev–Trinajstić information content (AvgIpc) is 2.79. The number of hydrogen-bond donors (Lipinski definition) is 3. The van der Waals surface area contributed by atoms with E-state index in [2.05, 4.69) is 15.6 Å². The van der Waals surface area contributed by atoms with Crippen molar-refractivity contribution in [1.82, 2.24) is 4.98 Å². The van der Waals surface area contributed by atoms with E-state index in [-0.39, 0.29) is 11.4 Å². The van der Waals surface area contributed by atoms with Gasteiger partial charge in [0.05, 0.1) is 10.7 Å². The van der Waals surface area contributed by atoms with Crippen molar-refractivity contribution < 1.29 is 18.7 Å². The third-order valence-corrected chi connectivity index (χ3v) is 5.61. The van der Waals surface area contributed by atoms with Crippen LogP contribution in [0.5, 0.6) is 11.5 Å². The van der Waals surface area contributed by atoms with Gasteiger partial charge in [-0.1, -0.05) is 25.4 Å². The van der Waals surface area contributed by atoms with E-state index in [0.29, 0.717) is 35.1 Å². The summed E-state index contributed by atoms with van der Waals surface area (Å²) in [6.07, 6.45) is 2.48. The summed E-state index contributed by atoms with van der Waals surface area (Å²) in [5, 5.41) is 5.61. The zero-order valence-electron chi connectivity index (χ0n) is 19.1. The maximum absolute atomic E-state index is 13.1. The van der Waals surface area contributed by atoms with Gasteiger partial charge in [0.1, 0.15) is 29.1 Å². The highest BCUT2D eigenvalue weighted by atomic mass is 35.5. The van der Waals surface area contributed by atoms with Gasteiger partial charge in [0, 0.05) is 23.5 Å². The molecule has 2 amide bonds. The van der Waals surface area contributed by atoms with E-state index in [1.54, 1.807) is 31.3 Å². The fourth-order valence-corrected chi connectivity index (χ4v) is 3.60. The van der Waals surface area contributed by atoms with Crippen molar-refractivity contribution in [2.24, 2.45) is 5.92 Å². The topological polar surface area (TPSA) is 106 Å². The van der Waals surface area contributed by atoms with Crippen molar-refractivity contribution in [2.45, 2.75) is 33.6 Å². The molecule has 0 aliphatic carbocycles. The Morgan fingerprint density at radius 1 is 1.09 bits per heavy atom. The van der Waals surface area contributed by atoms with Crippen LogP contribution >= 0.6 is 11.6 Å². The van der Waals surface area contributed by atoms with Gasteiger partial charge in [-0.05, 0) is 61.7 Å². The molecule has 1 atom stereocenters. The minimum atomic E-state index is -0.968. The number of carbonyl (C=O) groups excluding carboxylic acids is 2. The molecule has 0 aliphatic heterocycles. The van der Waals surface area contributed by atoms with E-state index < -0.39 is 23.5 Å². The molecular formula is C25H26ClFN4O3. The molecule has 4 N–H and O–H groups in total. The maximum atomic E-state index is 13.1. The molecule has 9 heteroatoms. The molecule has 7 nitrogen and oxygen atoms in total. The molecule has 0 saturated carbocycles. The first kappa shape index (κ1) is 25.0. The number of aromatic nitrogens is 1. The Morgan fingerprint density at radius 3 is 2.41 bits per heavy atom. The second-order valence-corrected chi connectivity index (χ2v) is 8.08. The second-order valence-electron chi connectivity index (χ2n) is 7.67. The Hall–Kier alpha value is -3.65. The Balaban J connectivity index is 1.75. The number of hydrogen-bond acceptors (Lipinski definition) is 5. The van der Waals surface area contributed by atoms with Crippen LogP contribution in [-0.4, -0.2) is 16.8 Å². The molecule has 0 aliphatic rings. The molecule has 34 heavy (non-hydrogen) atoms. The van der Waals surface area contributed by atoms with Crippen LogP contribution < -0.4 is 21.1 Å². The summed E-state index contributed by atoms with van der Waals surface area (Å²) in [6, 6.07) is 10.3. The van der Waals surface area contributed by atoms with Crippen molar-refractivity contribution in [3.63, 3.8) is 0 Å². The average molecular weight is 485 g/mol. The van der Waals surface area contributed by atoms with Gasteiger partial charge in [-0.15, -0.1) is 0 Å². The van der Waals surface area contributed by atoms with E-state index in [1.165, 1.54) is 24.3 Å². The predicted molar refractivity (Wildman–Crippen MR) is 132 cm³/mol. The molecule has 2 aromatic carbocycles. The van der Waals surface area contributed by atoms with Crippen LogP contribution in [0.15, 0.2) is 48.7 Å². The van der Waals surface area contributed by atoms with Crippen LogP contribution in [-0.2, 0) is 16.0 Å². The van der Waals surface area contributed by atoms with E-state index in [9.17, 15) is 14.0 Å². The minimum absolute atomic E-state index is 0.253. The van der Waals surface area contributed by atoms with E-state index >= 15 is 0 Å². The fraction of sp³-hybridized carbons (Fsp3) is 0.240. The lowest BCUT2D eigenvalue weighted by Gasteiger charge is -2.18. The van der Waals surface area contributed by atoms with Gasteiger partial charge in [-0.25, -0.2) is 9.37 Å². The van der Waals surface area contributed by atoms with Gasteiger partial charge in [0.2, 0.25) is 11.8 Å². The van der Waals surface area contributed by atoms with Crippen molar-refractivity contribution >= 4 is 40.6 Å². The van der Waals surface area contributed by atoms with Gasteiger partial charge in [0.15, 0.2) is 0 Å². The number of anilines is 3. The van der Waals surface area contributed by atoms with Gasteiger partial charge in [-0.3, -0.25) is 9.59 Å². The van der Waals surface area contributed by atoms with Crippen LogP contribution in [0, 0.1) is 18.7 Å². The lowest BCUT2D eigenvalue weighted by molar-refractivity contribution is -0.129. The van der Waals surface area contributed by atoms with E-state index in [0.717, 1.165) is 11.1 Å². The summed E-state index contributed by atoms with van der Waals surface area (Å²) in [5.41, 5.74) is 8.20. The largest absolute Gasteiger partial charge is 0.457 e. The number of aryl methyl sites for hydroxylation is 1. The van der Waals surface area contributed by atoms with Crippen LogP contribution in [0.1, 0.15) is 31.4 Å². The van der Waals surface area contributed by atoms with E-state index in [4.69, 9.17) is 22.1 Å². The van der Waals surface area contributed by atoms with Crippen LogP contribution in [0.2, 0.25) is 5.02 Å². The summed E-state index contributed by atoms with van der Waals surface area (Å²) in [6.45, 7) is 5.50. The van der Waals surface area contributed by atoms with E-state index in [1.807, 2.05) is 13.8 Å². The molecule has 1 aromatic heterocycles. The number of carbonyl (C=O) groups is 2. The van der Waals surface area contributed by atoms with Crippen molar-refractivity contribution in [3.05, 3.63) is 70.6 Å². The first-order chi connectivity index (χ1) is 16.2. The quantitative estimate of drug-likeness (QED) is 0.354. The number of nitrogens with zero attached hydrogens (tertiary/aromatic N) is 1. The summed E-state index contributed by atoms with van der Waals surface area (Å²) < 4.78 is 19.1. The predicted octanol–water partition coefficient (Wildman–Crippen LogP) is 5.72. The number of nitrogens with one attached hydrogen (secondary N) is 2. The normalized spacial score (nSPS) is 11.6. The monoisotopic (exact) mass is 484 g/mol. The van der Waals surface area contributed by atoms with Crippen molar-refractivity contribution in [2.75, 3.05) is 16.4 Å². The third kappa shape index (κ3) is 5.82. The highest BCUT2D eigenvalue weighted by Crippen LogP contribution is 2.35. The SMILES string of the molecule is CCc1c(Oc2cc(Cl)c(NC(=O)C(CC)C(=O)Nc3ccc(F)cc3)cc2C)ccnc1N. The lowest BCUT2D eigenvalue weighted by Crippen LogP contribution is -2.33. The number of benzene rings is 2. The highest BCUT2D eigenvalue weighted by Gasteiger charge is 2.26. The number of rotatable bonds is 8. The highest BCUT2D eigenvalue weighted by molar-refractivity contribution is 6.34. The third-order valence-electron chi connectivity index (χ3n) is 5.30. The fourth-order valence-electron chi connectivity index (χ4n) is 3.40. The standard InChI is InChI=1S/C25H26ClFN4O3/c1-4-17-21(10-11-29-23(17)28)34-22-13-19(26)20(12-14(22)3)31-25(33)18(5-2)24(32)30-16-8-6-15(27)7-9-16/h6-13,18H,4-5H2,1-3H3,(H2,28,29)(H,30,32)(H,31,33). The molecule has 0 saturated heterocycles. The second kappa shape index (κ2) is 11.0. The maximum Gasteiger partial charge on any atom is 0.236 e. The molecule has 3 aromatic rings. The van der Waals surface area contributed by atoms with Crippen molar-refractivity contribution in [1.29, 1.82) is 0 Å². The summed E-state index contributed by atoms with van der Waals surface area (Å²) >= 11 is 6.42. The number of amides is 2. The number of nitrogen functional groups attached to an aromatic ring is 1. The molecule has 0 spiro atoms. The van der Waals surface area contributed by atoms with Gasteiger partial charge >= 0.3 is 0 Å². The molecule has 0 radical (unpaired) electrons. The number of ether oxygens (including phenoxy) is 1. The Kier molecular flexibility index (Phi) is 8.07. The van der Waals surface area contributed by atoms with Gasteiger partial charge in [0.25, 0.3) is 0 Å². The Bertz CT molecular complexity index is 1200. The Morgan fingerprint density at radius 2 is 1.76 bits per heavy atom. The summed E-state index contributed by atoms with van der Waals surface area (Å²) in [7, 11) is 0. The molecule has 3 rings (SSSR count). The number of nitrogens with two attached hydrogens (primary N) is 1. The molecule has 1 heterocycles. The smallest absolute Gasteiger partial charge is 0.236 e. The minimum Gasteiger partial charge on any atom is -0.457 e. The zero-order chi connectivity index (χ0) is 24.8. The van der Waals surface area contributed by atoms with Crippen LogP contribution in [0.3, 0.4) is 0 Å².